The Bertz CT molecular complexity index is 727. The maximum Gasteiger partial charge on any atom is 0.0735 e. The Morgan fingerprint density at radius 3 is 3.08 bits per heavy atom. The summed E-state index contributed by atoms with van der Waals surface area (Å²) in [5.41, 5.74) is 3.85. The lowest BCUT2D eigenvalue weighted by atomic mass is 9.71. The van der Waals surface area contributed by atoms with Crippen LogP contribution < -0.4 is 0 Å². The second kappa shape index (κ2) is 6.14. The van der Waals surface area contributed by atoms with Crippen LogP contribution in [0.4, 0.5) is 0 Å². The van der Waals surface area contributed by atoms with Gasteiger partial charge in [0.25, 0.3) is 0 Å². The molecule has 4 rings (SSSR count). The summed E-state index contributed by atoms with van der Waals surface area (Å²) in [6.07, 6.45) is 7.07. The van der Waals surface area contributed by atoms with Gasteiger partial charge in [0.2, 0.25) is 0 Å². The zero-order chi connectivity index (χ0) is 16.7. The molecule has 0 amide bonds. The largest absolute Gasteiger partial charge is 0.392 e. The Labute approximate surface area is 143 Å². The number of likely N-dealkylation sites (tertiary alicyclic amines) is 2. The molecule has 0 bridgehead atoms. The Hall–Kier alpha value is -1.43. The van der Waals surface area contributed by atoms with Crippen LogP contribution in [0.1, 0.15) is 30.4 Å². The lowest BCUT2D eigenvalue weighted by Crippen LogP contribution is -2.58. The van der Waals surface area contributed by atoms with E-state index in [0.29, 0.717) is 0 Å². The van der Waals surface area contributed by atoms with Crippen molar-refractivity contribution < 1.29 is 5.11 Å². The monoisotopic (exact) mass is 328 g/mol. The van der Waals surface area contributed by atoms with Gasteiger partial charge in [0.15, 0.2) is 0 Å². The average molecular weight is 328 g/mol. The third-order valence-electron chi connectivity index (χ3n) is 5.98. The number of pyridine rings is 1. The number of aliphatic hydroxyl groups is 1. The van der Waals surface area contributed by atoms with Crippen LogP contribution in [0.2, 0.25) is 0 Å². The van der Waals surface area contributed by atoms with E-state index >= 15 is 0 Å². The molecule has 0 aliphatic carbocycles. The molecule has 2 aliphatic rings. The van der Waals surface area contributed by atoms with Crippen LogP contribution in [0.5, 0.6) is 0 Å². The van der Waals surface area contributed by atoms with Gasteiger partial charge in [-0.3, -0.25) is 4.90 Å². The van der Waals surface area contributed by atoms with Crippen molar-refractivity contribution in [3.05, 3.63) is 35.7 Å². The van der Waals surface area contributed by atoms with Gasteiger partial charge in [-0.2, -0.15) is 5.10 Å². The molecular weight excluding hydrogens is 300 g/mol. The van der Waals surface area contributed by atoms with Crippen molar-refractivity contribution in [1.82, 2.24) is 19.4 Å². The normalized spacial score (nSPS) is 29.5. The molecule has 2 aromatic heterocycles. The second-order valence-corrected chi connectivity index (χ2v) is 7.87. The third-order valence-corrected chi connectivity index (χ3v) is 5.98. The Morgan fingerprint density at radius 1 is 1.33 bits per heavy atom. The Kier molecular flexibility index (Phi) is 4.11. The van der Waals surface area contributed by atoms with Crippen LogP contribution >= 0.6 is 0 Å². The van der Waals surface area contributed by atoms with Crippen LogP contribution in [0.25, 0.3) is 5.52 Å². The van der Waals surface area contributed by atoms with Crippen molar-refractivity contribution in [3.63, 3.8) is 0 Å². The number of aromatic nitrogens is 2. The van der Waals surface area contributed by atoms with Crippen LogP contribution in [-0.4, -0.2) is 63.9 Å². The van der Waals surface area contributed by atoms with E-state index in [2.05, 4.69) is 34.9 Å². The molecule has 2 saturated heterocycles. The third kappa shape index (κ3) is 2.75. The van der Waals surface area contributed by atoms with E-state index in [4.69, 9.17) is 0 Å². The number of hydrogen-bond donors (Lipinski definition) is 1. The fourth-order valence-corrected chi connectivity index (χ4v) is 4.81. The highest BCUT2D eigenvalue weighted by Gasteiger charge is 2.44. The van der Waals surface area contributed by atoms with Gasteiger partial charge in [-0.1, -0.05) is 6.07 Å². The van der Waals surface area contributed by atoms with Crippen molar-refractivity contribution in [2.24, 2.45) is 5.41 Å². The minimum absolute atomic E-state index is 0.0449. The van der Waals surface area contributed by atoms with E-state index in [1.807, 2.05) is 23.0 Å². The maximum atomic E-state index is 10.7. The van der Waals surface area contributed by atoms with E-state index in [-0.39, 0.29) is 11.5 Å². The summed E-state index contributed by atoms with van der Waals surface area (Å²) in [7, 11) is 2.18. The topological polar surface area (TPSA) is 44.0 Å². The quantitative estimate of drug-likeness (QED) is 0.915. The highest BCUT2D eigenvalue weighted by atomic mass is 16.3. The molecule has 5 nitrogen and oxygen atoms in total. The predicted octanol–water partition coefficient (Wildman–Crippen LogP) is 1.92. The summed E-state index contributed by atoms with van der Waals surface area (Å²) in [6.45, 7) is 7.20. The summed E-state index contributed by atoms with van der Waals surface area (Å²) in [5.74, 6) is 0. The van der Waals surface area contributed by atoms with E-state index in [0.717, 1.165) is 45.6 Å². The number of hydrogen-bond acceptors (Lipinski definition) is 4. The van der Waals surface area contributed by atoms with Crippen LogP contribution in [-0.2, 0) is 6.54 Å². The molecule has 5 heteroatoms. The molecule has 1 N–H and O–H groups in total. The molecule has 0 saturated carbocycles. The summed E-state index contributed by atoms with van der Waals surface area (Å²) >= 11 is 0. The zero-order valence-corrected chi connectivity index (χ0v) is 14.8. The summed E-state index contributed by atoms with van der Waals surface area (Å²) in [4.78, 5) is 4.91. The van der Waals surface area contributed by atoms with Crippen molar-refractivity contribution in [2.45, 2.75) is 38.8 Å². The van der Waals surface area contributed by atoms with E-state index < -0.39 is 0 Å². The number of rotatable bonds is 2. The zero-order valence-electron chi connectivity index (χ0n) is 14.8. The van der Waals surface area contributed by atoms with Crippen LogP contribution in [0.3, 0.4) is 0 Å². The minimum Gasteiger partial charge on any atom is -0.392 e. The Morgan fingerprint density at radius 2 is 2.21 bits per heavy atom. The molecule has 1 spiro atoms. The van der Waals surface area contributed by atoms with Gasteiger partial charge in [0.05, 0.1) is 17.8 Å². The first-order chi connectivity index (χ1) is 11.6. The average Bonchev–Trinajstić information content (AvgIpc) is 2.96. The molecule has 130 valence electrons. The SMILES string of the molecule is Cc1cccn2ncc(CN3CCC[C@]4(CN(C)CC[C@@H]4O)C3)c12. The molecule has 0 radical (unpaired) electrons. The number of fused-ring (bicyclic) bond motifs is 1. The standard InChI is InChI=1S/C19H28N4O/c1-15-5-3-9-23-18(15)16(11-20-23)12-22-8-4-7-19(14-22)13-21(2)10-6-17(19)24/h3,5,9,11,17,24H,4,6-8,10,12-14H2,1-2H3/t17-,19-/m0/s1. The van der Waals surface area contributed by atoms with Crippen molar-refractivity contribution in [2.75, 3.05) is 33.2 Å². The molecule has 0 aromatic carbocycles. The Balaban J connectivity index is 1.56. The smallest absolute Gasteiger partial charge is 0.0735 e. The van der Waals surface area contributed by atoms with Crippen molar-refractivity contribution in [1.29, 1.82) is 0 Å². The van der Waals surface area contributed by atoms with Gasteiger partial charge < -0.3 is 10.0 Å². The summed E-state index contributed by atoms with van der Waals surface area (Å²) in [5, 5.41) is 15.2. The first kappa shape index (κ1) is 16.1. The molecule has 24 heavy (non-hydrogen) atoms. The molecule has 2 atom stereocenters. The van der Waals surface area contributed by atoms with E-state index in [1.165, 1.54) is 23.1 Å². The van der Waals surface area contributed by atoms with Gasteiger partial charge in [0.1, 0.15) is 0 Å². The number of nitrogens with zero attached hydrogens (tertiary/aromatic N) is 4. The highest BCUT2D eigenvalue weighted by molar-refractivity contribution is 5.59. The lowest BCUT2D eigenvalue weighted by molar-refractivity contribution is -0.0807. The number of aryl methyl sites for hydroxylation is 1. The maximum absolute atomic E-state index is 10.7. The molecule has 0 unspecified atom stereocenters. The summed E-state index contributed by atoms with van der Waals surface area (Å²) < 4.78 is 1.98. The van der Waals surface area contributed by atoms with Gasteiger partial charge in [-0.15, -0.1) is 0 Å². The van der Waals surface area contributed by atoms with Gasteiger partial charge >= 0.3 is 0 Å². The fourth-order valence-electron chi connectivity index (χ4n) is 4.81. The highest BCUT2D eigenvalue weighted by Crippen LogP contribution is 2.39. The first-order valence-electron chi connectivity index (χ1n) is 9.08. The van der Waals surface area contributed by atoms with Gasteiger partial charge in [-0.25, -0.2) is 4.52 Å². The van der Waals surface area contributed by atoms with Gasteiger partial charge in [0, 0.05) is 43.4 Å². The molecule has 2 aromatic rings. The van der Waals surface area contributed by atoms with Gasteiger partial charge in [-0.05, 0) is 51.4 Å². The van der Waals surface area contributed by atoms with Crippen LogP contribution in [0.15, 0.2) is 24.5 Å². The van der Waals surface area contributed by atoms with Crippen LogP contribution in [0, 0.1) is 12.3 Å². The fraction of sp³-hybridized carbons (Fsp3) is 0.632. The van der Waals surface area contributed by atoms with Crippen molar-refractivity contribution in [3.8, 4) is 0 Å². The molecule has 4 heterocycles. The molecule has 2 aliphatic heterocycles. The number of piperidine rings is 2. The first-order valence-corrected chi connectivity index (χ1v) is 9.08. The predicted molar refractivity (Wildman–Crippen MR) is 95.0 cm³/mol. The van der Waals surface area contributed by atoms with Crippen molar-refractivity contribution >= 4 is 5.52 Å². The van der Waals surface area contributed by atoms with E-state index in [1.54, 1.807) is 0 Å². The summed E-state index contributed by atoms with van der Waals surface area (Å²) in [6, 6.07) is 4.20. The molecular formula is C19H28N4O. The molecule has 2 fully saturated rings. The number of aliphatic hydroxyl groups excluding tert-OH is 1. The minimum atomic E-state index is -0.165. The van der Waals surface area contributed by atoms with E-state index in [9.17, 15) is 5.11 Å². The lowest BCUT2D eigenvalue weighted by Gasteiger charge is -2.50. The second-order valence-electron chi connectivity index (χ2n) is 7.87.